The highest BCUT2D eigenvalue weighted by Crippen LogP contribution is 2.28. The Labute approximate surface area is 132 Å². The number of carbonyl (C=O) groups excluding carboxylic acids is 1. The van der Waals surface area contributed by atoms with Crippen LogP contribution in [0.15, 0.2) is 18.2 Å². The maximum absolute atomic E-state index is 11.4. The summed E-state index contributed by atoms with van der Waals surface area (Å²) in [5.41, 5.74) is 2.35. The second kappa shape index (κ2) is 7.66. The first kappa shape index (κ1) is 16.1. The number of amides is 1. The van der Waals surface area contributed by atoms with Crippen LogP contribution in [0.1, 0.15) is 25.8 Å². The summed E-state index contributed by atoms with van der Waals surface area (Å²) in [4.78, 5) is 15.6. The minimum Gasteiger partial charge on any atom is -0.368 e. The van der Waals surface area contributed by atoms with Crippen LogP contribution < -0.4 is 10.2 Å². The van der Waals surface area contributed by atoms with Gasteiger partial charge in [0.05, 0.1) is 0 Å². The molecule has 0 aliphatic carbocycles. The Hall–Kier alpha value is -1.26. The summed E-state index contributed by atoms with van der Waals surface area (Å²) < 4.78 is 0. The fraction of sp³-hybridized carbons (Fsp3) is 0.562. The standard InChI is InChI=1S/C16H24ClN3O/c1-3-7-18-12-14-15(17)5-4-6-16(14)20-10-8-19(9-11-20)13(2)21/h4-6,18H,3,7-12H2,1-2H3. The number of anilines is 1. The van der Waals surface area contributed by atoms with Crippen LogP contribution in [0.25, 0.3) is 0 Å². The maximum atomic E-state index is 11.4. The van der Waals surface area contributed by atoms with Crippen molar-refractivity contribution in [1.29, 1.82) is 0 Å². The molecule has 1 heterocycles. The summed E-state index contributed by atoms with van der Waals surface area (Å²) in [5.74, 6) is 0.158. The highest BCUT2D eigenvalue weighted by molar-refractivity contribution is 6.31. The number of halogens is 1. The number of hydrogen-bond donors (Lipinski definition) is 1. The molecule has 1 saturated heterocycles. The SMILES string of the molecule is CCCNCc1c(Cl)cccc1N1CCN(C(C)=O)CC1. The Morgan fingerprint density at radius 2 is 2.00 bits per heavy atom. The lowest BCUT2D eigenvalue weighted by atomic mass is 10.1. The van der Waals surface area contributed by atoms with Crippen LogP contribution in [0.5, 0.6) is 0 Å². The largest absolute Gasteiger partial charge is 0.368 e. The molecular formula is C16H24ClN3O. The van der Waals surface area contributed by atoms with Gasteiger partial charge in [-0.3, -0.25) is 4.79 Å². The van der Waals surface area contributed by atoms with E-state index in [1.54, 1.807) is 6.92 Å². The van der Waals surface area contributed by atoms with E-state index in [1.165, 1.54) is 5.69 Å². The lowest BCUT2D eigenvalue weighted by molar-refractivity contribution is -0.129. The second-order valence-electron chi connectivity index (χ2n) is 5.41. The molecule has 1 aliphatic heterocycles. The van der Waals surface area contributed by atoms with Gasteiger partial charge in [-0.05, 0) is 25.1 Å². The molecule has 1 fully saturated rings. The van der Waals surface area contributed by atoms with E-state index in [0.29, 0.717) is 0 Å². The van der Waals surface area contributed by atoms with Crippen LogP contribution in [0.4, 0.5) is 5.69 Å². The lowest BCUT2D eigenvalue weighted by Crippen LogP contribution is -2.48. The monoisotopic (exact) mass is 309 g/mol. The van der Waals surface area contributed by atoms with Crippen LogP contribution in [-0.2, 0) is 11.3 Å². The first-order chi connectivity index (χ1) is 10.1. The van der Waals surface area contributed by atoms with Gasteiger partial charge in [0, 0.05) is 55.9 Å². The average molecular weight is 310 g/mol. The number of carbonyl (C=O) groups is 1. The van der Waals surface area contributed by atoms with Crippen LogP contribution in [0, 0.1) is 0 Å². The zero-order valence-corrected chi connectivity index (χ0v) is 13.6. The van der Waals surface area contributed by atoms with E-state index >= 15 is 0 Å². The molecule has 0 saturated carbocycles. The molecule has 21 heavy (non-hydrogen) atoms. The molecule has 5 heteroatoms. The van der Waals surface area contributed by atoms with Crippen molar-refractivity contribution in [2.24, 2.45) is 0 Å². The Morgan fingerprint density at radius 1 is 1.29 bits per heavy atom. The van der Waals surface area contributed by atoms with Crippen LogP contribution in [-0.4, -0.2) is 43.5 Å². The van der Waals surface area contributed by atoms with Gasteiger partial charge in [-0.1, -0.05) is 24.6 Å². The van der Waals surface area contributed by atoms with Gasteiger partial charge in [0.25, 0.3) is 0 Å². The van der Waals surface area contributed by atoms with Crippen molar-refractivity contribution < 1.29 is 4.79 Å². The molecule has 1 aromatic rings. The third-order valence-electron chi connectivity index (χ3n) is 3.89. The van der Waals surface area contributed by atoms with E-state index in [2.05, 4.69) is 23.2 Å². The number of benzene rings is 1. The third-order valence-corrected chi connectivity index (χ3v) is 4.24. The number of nitrogens with zero attached hydrogens (tertiary/aromatic N) is 2. The van der Waals surface area contributed by atoms with E-state index in [1.807, 2.05) is 17.0 Å². The van der Waals surface area contributed by atoms with Crippen molar-refractivity contribution in [2.45, 2.75) is 26.8 Å². The van der Waals surface area contributed by atoms with Crippen molar-refractivity contribution in [3.05, 3.63) is 28.8 Å². The molecule has 0 bridgehead atoms. The Kier molecular flexibility index (Phi) is 5.88. The molecule has 4 nitrogen and oxygen atoms in total. The molecule has 1 N–H and O–H groups in total. The van der Waals surface area contributed by atoms with Crippen LogP contribution in [0.3, 0.4) is 0 Å². The summed E-state index contributed by atoms with van der Waals surface area (Å²) >= 11 is 6.38. The van der Waals surface area contributed by atoms with E-state index < -0.39 is 0 Å². The van der Waals surface area contributed by atoms with Gasteiger partial charge in [-0.25, -0.2) is 0 Å². The van der Waals surface area contributed by atoms with E-state index in [0.717, 1.165) is 56.3 Å². The predicted octanol–water partition coefficient (Wildman–Crippen LogP) is 2.51. The fourth-order valence-corrected chi connectivity index (χ4v) is 2.91. The van der Waals surface area contributed by atoms with Crippen molar-refractivity contribution in [2.75, 3.05) is 37.6 Å². The number of rotatable bonds is 5. The number of hydrogen-bond acceptors (Lipinski definition) is 3. The molecule has 0 aromatic heterocycles. The summed E-state index contributed by atoms with van der Waals surface area (Å²) in [7, 11) is 0. The Morgan fingerprint density at radius 3 is 2.62 bits per heavy atom. The summed E-state index contributed by atoms with van der Waals surface area (Å²) in [6.07, 6.45) is 1.11. The number of nitrogens with one attached hydrogen (secondary N) is 1. The Balaban J connectivity index is 2.09. The van der Waals surface area contributed by atoms with E-state index in [9.17, 15) is 4.79 Å². The van der Waals surface area contributed by atoms with Crippen molar-refractivity contribution in [1.82, 2.24) is 10.2 Å². The summed E-state index contributed by atoms with van der Waals surface area (Å²) in [6.45, 7) is 8.85. The van der Waals surface area contributed by atoms with Gasteiger partial charge < -0.3 is 15.1 Å². The minimum absolute atomic E-state index is 0.158. The van der Waals surface area contributed by atoms with Crippen molar-refractivity contribution in [3.8, 4) is 0 Å². The maximum Gasteiger partial charge on any atom is 0.219 e. The zero-order valence-electron chi connectivity index (χ0n) is 12.9. The van der Waals surface area contributed by atoms with E-state index in [-0.39, 0.29) is 5.91 Å². The predicted molar refractivity (Wildman–Crippen MR) is 87.9 cm³/mol. The van der Waals surface area contributed by atoms with Gasteiger partial charge in [0.2, 0.25) is 5.91 Å². The molecule has 0 unspecified atom stereocenters. The first-order valence-electron chi connectivity index (χ1n) is 7.62. The fourth-order valence-electron chi connectivity index (χ4n) is 2.67. The molecule has 0 radical (unpaired) electrons. The highest BCUT2D eigenvalue weighted by atomic mass is 35.5. The van der Waals surface area contributed by atoms with Crippen molar-refractivity contribution >= 4 is 23.2 Å². The van der Waals surface area contributed by atoms with Crippen molar-refractivity contribution in [3.63, 3.8) is 0 Å². The van der Waals surface area contributed by atoms with Crippen LogP contribution in [0.2, 0.25) is 5.02 Å². The molecule has 2 rings (SSSR count). The second-order valence-corrected chi connectivity index (χ2v) is 5.81. The van der Waals surface area contributed by atoms with Gasteiger partial charge in [-0.2, -0.15) is 0 Å². The van der Waals surface area contributed by atoms with Gasteiger partial charge in [0.15, 0.2) is 0 Å². The quantitative estimate of drug-likeness (QED) is 0.849. The number of piperazine rings is 1. The molecule has 0 spiro atoms. The molecule has 116 valence electrons. The minimum atomic E-state index is 0.158. The topological polar surface area (TPSA) is 35.6 Å². The first-order valence-corrected chi connectivity index (χ1v) is 7.99. The highest BCUT2D eigenvalue weighted by Gasteiger charge is 2.21. The smallest absolute Gasteiger partial charge is 0.219 e. The van der Waals surface area contributed by atoms with Crippen LogP contribution >= 0.6 is 11.6 Å². The summed E-state index contributed by atoms with van der Waals surface area (Å²) in [5, 5.41) is 4.23. The molecule has 1 aromatic carbocycles. The summed E-state index contributed by atoms with van der Waals surface area (Å²) in [6, 6.07) is 6.07. The lowest BCUT2D eigenvalue weighted by Gasteiger charge is -2.36. The molecule has 0 atom stereocenters. The average Bonchev–Trinajstić information content (AvgIpc) is 2.49. The molecule has 1 aliphatic rings. The molecule has 1 amide bonds. The van der Waals surface area contributed by atoms with E-state index in [4.69, 9.17) is 11.6 Å². The molecular weight excluding hydrogens is 286 g/mol. The van der Waals surface area contributed by atoms with Gasteiger partial charge in [-0.15, -0.1) is 0 Å². The van der Waals surface area contributed by atoms with Gasteiger partial charge >= 0.3 is 0 Å². The normalized spacial score (nSPS) is 15.4. The van der Waals surface area contributed by atoms with Gasteiger partial charge in [0.1, 0.15) is 0 Å². The Bertz CT molecular complexity index is 484. The zero-order chi connectivity index (χ0) is 15.2. The third kappa shape index (κ3) is 4.11.